The van der Waals surface area contributed by atoms with Gasteiger partial charge in [0.25, 0.3) is 0 Å². The molecule has 1 aliphatic heterocycles. The Kier molecular flexibility index (Phi) is 7.30. The summed E-state index contributed by atoms with van der Waals surface area (Å²) in [5.41, 5.74) is 1.26. The summed E-state index contributed by atoms with van der Waals surface area (Å²) in [5, 5.41) is 7.93. The number of methoxy groups -OCH3 is 1. The van der Waals surface area contributed by atoms with Gasteiger partial charge in [0.1, 0.15) is 0 Å². The minimum absolute atomic E-state index is 0.106. The summed E-state index contributed by atoms with van der Waals surface area (Å²) >= 11 is 1.57. The molecule has 0 N–H and O–H groups in total. The second-order valence-corrected chi connectivity index (χ2v) is 8.00. The summed E-state index contributed by atoms with van der Waals surface area (Å²) in [6.45, 7) is -0.158. The summed E-state index contributed by atoms with van der Waals surface area (Å²) in [6, 6.07) is 6.67. The van der Waals surface area contributed by atoms with Crippen molar-refractivity contribution in [2.45, 2.75) is 13.2 Å². The largest absolute Gasteiger partial charge is 0.493 e. The number of hydrogen-bond donors (Lipinski definition) is 0. The van der Waals surface area contributed by atoms with Crippen LogP contribution in [0.3, 0.4) is 0 Å². The standard InChI is InChI=1S/C22H22F2N4O4S/c1-30-17-4-2-3-15(20(17)31-22(23)24)5-6-19(29)28-10-8-27(9-11-28)13-18-25-21(26-32-18)16-7-12-33-14-16/h2-7,12,14,22H,8-11,13H2,1H3/b6-5+. The minimum Gasteiger partial charge on any atom is -0.493 e. The van der Waals surface area contributed by atoms with E-state index in [0.717, 1.165) is 5.56 Å². The molecule has 0 aliphatic carbocycles. The van der Waals surface area contributed by atoms with E-state index in [4.69, 9.17) is 9.26 Å². The van der Waals surface area contributed by atoms with E-state index in [1.807, 2.05) is 16.8 Å². The molecule has 1 saturated heterocycles. The Hall–Kier alpha value is -3.31. The Labute approximate surface area is 193 Å². The fraction of sp³-hybridized carbons (Fsp3) is 0.318. The van der Waals surface area contributed by atoms with Gasteiger partial charge in [0.15, 0.2) is 11.5 Å². The summed E-state index contributed by atoms with van der Waals surface area (Å²) < 4.78 is 40.6. The molecular weight excluding hydrogens is 454 g/mol. The van der Waals surface area contributed by atoms with Crippen molar-refractivity contribution in [3.05, 3.63) is 52.6 Å². The number of amides is 1. The molecule has 8 nitrogen and oxygen atoms in total. The van der Waals surface area contributed by atoms with Crippen LogP contribution >= 0.6 is 11.3 Å². The molecule has 0 radical (unpaired) electrons. The van der Waals surface area contributed by atoms with Gasteiger partial charge in [0.05, 0.1) is 13.7 Å². The maximum absolute atomic E-state index is 12.8. The molecule has 33 heavy (non-hydrogen) atoms. The normalized spacial score (nSPS) is 14.8. The van der Waals surface area contributed by atoms with Gasteiger partial charge in [0, 0.05) is 48.8 Å². The first kappa shape index (κ1) is 22.9. The van der Waals surface area contributed by atoms with E-state index in [-0.39, 0.29) is 17.4 Å². The molecule has 3 aromatic rings. The molecule has 0 unspecified atom stereocenters. The second-order valence-electron chi connectivity index (χ2n) is 7.22. The first-order chi connectivity index (χ1) is 16.0. The highest BCUT2D eigenvalue weighted by Crippen LogP contribution is 2.33. The number of thiophene rings is 1. The average Bonchev–Trinajstić information content (AvgIpc) is 3.50. The van der Waals surface area contributed by atoms with Gasteiger partial charge in [-0.1, -0.05) is 17.3 Å². The Bertz CT molecular complexity index is 1100. The van der Waals surface area contributed by atoms with Gasteiger partial charge in [-0.05, 0) is 23.6 Å². The van der Waals surface area contributed by atoms with Crippen LogP contribution in [0.2, 0.25) is 0 Å². The molecule has 1 aliphatic rings. The topological polar surface area (TPSA) is 80.9 Å². The second kappa shape index (κ2) is 10.5. The van der Waals surface area contributed by atoms with Gasteiger partial charge in [-0.25, -0.2) is 0 Å². The zero-order valence-electron chi connectivity index (χ0n) is 17.8. The minimum atomic E-state index is -3.00. The highest BCUT2D eigenvalue weighted by atomic mass is 32.1. The SMILES string of the molecule is COc1cccc(/C=C/C(=O)N2CCN(Cc3nc(-c4ccsc4)no3)CC2)c1OC(F)F. The first-order valence-electron chi connectivity index (χ1n) is 10.2. The molecule has 2 aromatic heterocycles. The summed E-state index contributed by atoms with van der Waals surface area (Å²) in [5.74, 6) is 0.948. The molecule has 4 rings (SSSR count). The van der Waals surface area contributed by atoms with Crippen molar-refractivity contribution in [1.82, 2.24) is 19.9 Å². The van der Waals surface area contributed by atoms with E-state index >= 15 is 0 Å². The Morgan fingerprint density at radius 3 is 2.79 bits per heavy atom. The number of nitrogens with zero attached hydrogens (tertiary/aromatic N) is 4. The number of hydrogen-bond acceptors (Lipinski definition) is 8. The quantitative estimate of drug-likeness (QED) is 0.458. The van der Waals surface area contributed by atoms with Gasteiger partial charge in [-0.3, -0.25) is 9.69 Å². The summed E-state index contributed by atoms with van der Waals surface area (Å²) in [6.07, 6.45) is 2.81. The third-order valence-electron chi connectivity index (χ3n) is 5.13. The fourth-order valence-electron chi connectivity index (χ4n) is 3.45. The highest BCUT2D eigenvalue weighted by molar-refractivity contribution is 7.08. The predicted molar refractivity (Wildman–Crippen MR) is 118 cm³/mol. The first-order valence-corrected chi connectivity index (χ1v) is 11.1. The third kappa shape index (κ3) is 5.74. The molecule has 1 aromatic carbocycles. The van der Waals surface area contributed by atoms with Crippen molar-refractivity contribution in [2.24, 2.45) is 0 Å². The molecule has 0 atom stereocenters. The maximum atomic E-state index is 12.8. The molecule has 1 amide bonds. The van der Waals surface area contributed by atoms with E-state index < -0.39 is 6.61 Å². The lowest BCUT2D eigenvalue weighted by Gasteiger charge is -2.33. The van der Waals surface area contributed by atoms with Crippen LogP contribution in [0.15, 0.2) is 45.6 Å². The zero-order chi connectivity index (χ0) is 23.2. The van der Waals surface area contributed by atoms with Gasteiger partial charge in [-0.15, -0.1) is 0 Å². The molecule has 0 spiro atoms. The van der Waals surface area contributed by atoms with Gasteiger partial charge >= 0.3 is 6.61 Å². The van der Waals surface area contributed by atoms with Crippen molar-refractivity contribution < 1.29 is 27.6 Å². The van der Waals surface area contributed by atoms with Crippen molar-refractivity contribution in [1.29, 1.82) is 0 Å². The lowest BCUT2D eigenvalue weighted by molar-refractivity contribution is -0.127. The van der Waals surface area contributed by atoms with Crippen LogP contribution in [0.25, 0.3) is 17.5 Å². The molecule has 3 heterocycles. The number of rotatable bonds is 8. The fourth-order valence-corrected chi connectivity index (χ4v) is 4.09. The average molecular weight is 477 g/mol. The van der Waals surface area contributed by atoms with Crippen LogP contribution < -0.4 is 9.47 Å². The predicted octanol–water partition coefficient (Wildman–Crippen LogP) is 3.77. The number of benzene rings is 1. The van der Waals surface area contributed by atoms with Gasteiger partial charge < -0.3 is 18.9 Å². The van der Waals surface area contributed by atoms with Crippen molar-refractivity contribution in [3.8, 4) is 22.9 Å². The van der Waals surface area contributed by atoms with Crippen molar-refractivity contribution in [3.63, 3.8) is 0 Å². The number of alkyl halides is 2. The highest BCUT2D eigenvalue weighted by Gasteiger charge is 2.22. The lowest BCUT2D eigenvalue weighted by atomic mass is 10.1. The van der Waals surface area contributed by atoms with Crippen molar-refractivity contribution >= 4 is 23.3 Å². The van der Waals surface area contributed by atoms with E-state index in [1.165, 1.54) is 25.3 Å². The van der Waals surface area contributed by atoms with Crippen LogP contribution in [0.1, 0.15) is 11.5 Å². The van der Waals surface area contributed by atoms with Gasteiger partial charge in [-0.2, -0.15) is 25.1 Å². The van der Waals surface area contributed by atoms with Crippen LogP contribution in [0, 0.1) is 0 Å². The molecule has 174 valence electrons. The van der Waals surface area contributed by atoms with Crippen LogP contribution in [0.4, 0.5) is 8.78 Å². The smallest absolute Gasteiger partial charge is 0.387 e. The molecule has 1 fully saturated rings. The van der Waals surface area contributed by atoms with E-state index in [1.54, 1.807) is 28.4 Å². The summed E-state index contributed by atoms with van der Waals surface area (Å²) in [4.78, 5) is 20.9. The van der Waals surface area contributed by atoms with Crippen LogP contribution in [-0.4, -0.2) is 65.7 Å². The Morgan fingerprint density at radius 1 is 1.27 bits per heavy atom. The third-order valence-corrected chi connectivity index (χ3v) is 5.82. The number of halogens is 2. The van der Waals surface area contributed by atoms with E-state index in [9.17, 15) is 13.6 Å². The number of piperazine rings is 1. The zero-order valence-corrected chi connectivity index (χ0v) is 18.6. The molecule has 0 bridgehead atoms. The molecule has 11 heteroatoms. The van der Waals surface area contributed by atoms with E-state index in [2.05, 4.69) is 19.8 Å². The Balaban J connectivity index is 1.32. The monoisotopic (exact) mass is 476 g/mol. The van der Waals surface area contributed by atoms with E-state index in [0.29, 0.717) is 50.0 Å². The number of aromatic nitrogens is 2. The number of carbonyl (C=O) groups excluding carboxylic acids is 1. The number of carbonyl (C=O) groups is 1. The van der Waals surface area contributed by atoms with Gasteiger partial charge in [0.2, 0.25) is 17.6 Å². The van der Waals surface area contributed by atoms with Crippen molar-refractivity contribution in [2.75, 3.05) is 33.3 Å². The number of para-hydroxylation sites is 1. The summed E-state index contributed by atoms with van der Waals surface area (Å²) in [7, 11) is 1.36. The van der Waals surface area contributed by atoms with Crippen LogP contribution in [0.5, 0.6) is 11.5 Å². The molecular formula is C22H22F2N4O4S. The Morgan fingerprint density at radius 2 is 2.09 bits per heavy atom. The lowest BCUT2D eigenvalue weighted by Crippen LogP contribution is -2.47. The molecule has 0 saturated carbocycles. The van der Waals surface area contributed by atoms with Crippen LogP contribution in [-0.2, 0) is 11.3 Å². The maximum Gasteiger partial charge on any atom is 0.387 e. The number of ether oxygens (including phenoxy) is 2.